The standard InChI is InChI=1S/C27H31NO3/c1-2-26(30)25-15-9-10-16-27(25)31-20-23(29)19-28-18-17-24(21-11-5-3-6-12-21)22-13-7-4-8-14-22/h3-16,23-24,28-29H,2,17-20H2,1H3/t23-/m1/s1. The zero-order valence-electron chi connectivity index (χ0n) is 18.0. The van der Waals surface area contributed by atoms with E-state index in [2.05, 4.69) is 53.8 Å². The maximum Gasteiger partial charge on any atom is 0.166 e. The van der Waals surface area contributed by atoms with Crippen molar-refractivity contribution in [1.29, 1.82) is 0 Å². The summed E-state index contributed by atoms with van der Waals surface area (Å²) in [7, 11) is 0. The molecule has 0 saturated heterocycles. The lowest BCUT2D eigenvalue weighted by atomic mass is 9.88. The summed E-state index contributed by atoms with van der Waals surface area (Å²) in [5.41, 5.74) is 3.15. The van der Waals surface area contributed by atoms with Crippen molar-refractivity contribution < 1.29 is 14.6 Å². The van der Waals surface area contributed by atoms with E-state index in [1.165, 1.54) is 11.1 Å². The SMILES string of the molecule is CCC(=O)c1ccccc1OC[C@H](O)CNCCC(c1ccccc1)c1ccccc1. The van der Waals surface area contributed by atoms with Crippen LogP contribution in [0.25, 0.3) is 0 Å². The Morgan fingerprint density at radius 1 is 0.903 bits per heavy atom. The van der Waals surface area contributed by atoms with Gasteiger partial charge in [0, 0.05) is 18.9 Å². The highest BCUT2D eigenvalue weighted by Crippen LogP contribution is 2.27. The number of aliphatic hydroxyl groups excluding tert-OH is 1. The number of hydrogen-bond acceptors (Lipinski definition) is 4. The Morgan fingerprint density at radius 3 is 2.10 bits per heavy atom. The third-order valence-electron chi connectivity index (χ3n) is 5.33. The summed E-state index contributed by atoms with van der Waals surface area (Å²) < 4.78 is 5.73. The van der Waals surface area contributed by atoms with Crippen molar-refractivity contribution in [1.82, 2.24) is 5.32 Å². The van der Waals surface area contributed by atoms with Crippen molar-refractivity contribution in [2.75, 3.05) is 19.7 Å². The average Bonchev–Trinajstić information content (AvgIpc) is 2.83. The van der Waals surface area contributed by atoms with E-state index in [-0.39, 0.29) is 12.4 Å². The minimum absolute atomic E-state index is 0.0380. The van der Waals surface area contributed by atoms with Crippen molar-refractivity contribution in [3.63, 3.8) is 0 Å². The number of para-hydroxylation sites is 1. The number of carbonyl (C=O) groups excluding carboxylic acids is 1. The highest BCUT2D eigenvalue weighted by molar-refractivity contribution is 5.98. The molecule has 0 aliphatic rings. The zero-order chi connectivity index (χ0) is 21.9. The molecule has 0 aliphatic heterocycles. The number of carbonyl (C=O) groups is 1. The summed E-state index contributed by atoms with van der Waals surface area (Å²) in [6.45, 7) is 3.18. The van der Waals surface area contributed by atoms with Crippen LogP contribution in [0.2, 0.25) is 0 Å². The van der Waals surface area contributed by atoms with Gasteiger partial charge in [-0.15, -0.1) is 0 Å². The van der Waals surface area contributed by atoms with E-state index in [1.54, 1.807) is 12.1 Å². The molecule has 2 N–H and O–H groups in total. The van der Waals surface area contributed by atoms with Crippen LogP contribution < -0.4 is 10.1 Å². The van der Waals surface area contributed by atoms with Gasteiger partial charge in [0.25, 0.3) is 0 Å². The molecule has 3 aromatic carbocycles. The van der Waals surface area contributed by atoms with Crippen LogP contribution in [0.5, 0.6) is 5.75 Å². The molecule has 0 aliphatic carbocycles. The Balaban J connectivity index is 1.49. The van der Waals surface area contributed by atoms with Gasteiger partial charge in [-0.2, -0.15) is 0 Å². The Labute approximate surface area is 184 Å². The summed E-state index contributed by atoms with van der Waals surface area (Å²) in [6.07, 6.45) is 0.695. The van der Waals surface area contributed by atoms with Crippen LogP contribution in [0.4, 0.5) is 0 Å². The van der Waals surface area contributed by atoms with E-state index in [9.17, 15) is 9.90 Å². The molecule has 4 heteroatoms. The zero-order valence-corrected chi connectivity index (χ0v) is 18.0. The van der Waals surface area contributed by atoms with Crippen molar-refractivity contribution in [2.24, 2.45) is 0 Å². The van der Waals surface area contributed by atoms with Crippen molar-refractivity contribution in [3.8, 4) is 5.75 Å². The monoisotopic (exact) mass is 417 g/mol. The van der Waals surface area contributed by atoms with Crippen LogP contribution in [0, 0.1) is 0 Å². The van der Waals surface area contributed by atoms with Gasteiger partial charge >= 0.3 is 0 Å². The number of ether oxygens (including phenoxy) is 1. The molecule has 0 unspecified atom stereocenters. The van der Waals surface area contributed by atoms with Gasteiger partial charge in [-0.25, -0.2) is 0 Å². The summed E-state index contributed by atoms with van der Waals surface area (Å²) >= 11 is 0. The van der Waals surface area contributed by atoms with E-state index >= 15 is 0 Å². The van der Waals surface area contributed by atoms with E-state index in [1.807, 2.05) is 31.2 Å². The lowest BCUT2D eigenvalue weighted by Crippen LogP contribution is -2.32. The number of ketones is 1. The Hall–Kier alpha value is -2.95. The maximum absolute atomic E-state index is 12.0. The number of rotatable bonds is 12. The third-order valence-corrected chi connectivity index (χ3v) is 5.33. The lowest BCUT2D eigenvalue weighted by Gasteiger charge is -2.19. The van der Waals surface area contributed by atoms with E-state index in [0.717, 1.165) is 13.0 Å². The smallest absolute Gasteiger partial charge is 0.166 e. The first-order valence-corrected chi connectivity index (χ1v) is 10.9. The van der Waals surface area contributed by atoms with Gasteiger partial charge in [0.2, 0.25) is 0 Å². The number of benzene rings is 3. The molecule has 0 fully saturated rings. The molecule has 31 heavy (non-hydrogen) atoms. The van der Waals surface area contributed by atoms with Gasteiger partial charge in [-0.3, -0.25) is 4.79 Å². The fourth-order valence-electron chi connectivity index (χ4n) is 3.67. The summed E-state index contributed by atoms with van der Waals surface area (Å²) in [6, 6.07) is 28.2. The first kappa shape index (κ1) is 22.7. The van der Waals surface area contributed by atoms with Crippen LogP contribution in [-0.2, 0) is 0 Å². The number of nitrogens with one attached hydrogen (secondary N) is 1. The molecule has 0 saturated carbocycles. The average molecular weight is 418 g/mol. The molecule has 0 spiro atoms. The summed E-state index contributed by atoms with van der Waals surface area (Å²) in [5, 5.41) is 13.7. The molecule has 1 atom stereocenters. The molecule has 0 amide bonds. The molecule has 3 rings (SSSR count). The highest BCUT2D eigenvalue weighted by Gasteiger charge is 2.15. The van der Waals surface area contributed by atoms with E-state index in [4.69, 9.17) is 4.74 Å². The molecule has 0 aromatic heterocycles. The van der Waals surface area contributed by atoms with Gasteiger partial charge in [-0.1, -0.05) is 79.7 Å². The number of aliphatic hydroxyl groups is 1. The number of Topliss-reactive ketones (excluding diaryl/α,β-unsaturated/α-hetero) is 1. The van der Waals surface area contributed by atoms with Crippen LogP contribution in [0.15, 0.2) is 84.9 Å². The number of hydrogen-bond donors (Lipinski definition) is 2. The molecule has 4 nitrogen and oxygen atoms in total. The minimum Gasteiger partial charge on any atom is -0.490 e. The van der Waals surface area contributed by atoms with Gasteiger partial charge in [-0.05, 0) is 36.2 Å². The van der Waals surface area contributed by atoms with Crippen molar-refractivity contribution in [3.05, 3.63) is 102 Å². The van der Waals surface area contributed by atoms with Crippen LogP contribution in [0.3, 0.4) is 0 Å². The minimum atomic E-state index is -0.656. The fourth-order valence-corrected chi connectivity index (χ4v) is 3.67. The molecular formula is C27H31NO3. The second-order valence-electron chi connectivity index (χ2n) is 7.60. The first-order chi connectivity index (χ1) is 15.2. The van der Waals surface area contributed by atoms with Crippen LogP contribution in [-0.4, -0.2) is 36.7 Å². The van der Waals surface area contributed by atoms with Gasteiger partial charge in [0.05, 0.1) is 5.56 Å². The summed E-state index contributed by atoms with van der Waals surface area (Å²) in [4.78, 5) is 12.0. The molecule has 3 aromatic rings. The Kier molecular flexibility index (Phi) is 8.83. The normalized spacial score (nSPS) is 12.0. The predicted molar refractivity (Wildman–Crippen MR) is 125 cm³/mol. The maximum atomic E-state index is 12.0. The predicted octanol–water partition coefficient (Wildman–Crippen LogP) is 4.83. The quantitative estimate of drug-likeness (QED) is 0.327. The van der Waals surface area contributed by atoms with Gasteiger partial charge in [0.15, 0.2) is 5.78 Å². The highest BCUT2D eigenvalue weighted by atomic mass is 16.5. The van der Waals surface area contributed by atoms with E-state index in [0.29, 0.717) is 30.2 Å². The summed E-state index contributed by atoms with van der Waals surface area (Å²) in [5.74, 6) is 0.868. The third kappa shape index (κ3) is 6.78. The van der Waals surface area contributed by atoms with Crippen LogP contribution >= 0.6 is 0 Å². The topological polar surface area (TPSA) is 58.6 Å². The first-order valence-electron chi connectivity index (χ1n) is 10.9. The Morgan fingerprint density at radius 2 is 1.48 bits per heavy atom. The second-order valence-corrected chi connectivity index (χ2v) is 7.60. The molecule has 162 valence electrons. The largest absolute Gasteiger partial charge is 0.490 e. The van der Waals surface area contributed by atoms with Gasteiger partial charge < -0.3 is 15.2 Å². The van der Waals surface area contributed by atoms with E-state index < -0.39 is 6.10 Å². The second kappa shape index (κ2) is 12.0. The van der Waals surface area contributed by atoms with Gasteiger partial charge in [0.1, 0.15) is 18.5 Å². The van der Waals surface area contributed by atoms with Crippen molar-refractivity contribution >= 4 is 5.78 Å². The van der Waals surface area contributed by atoms with Crippen molar-refractivity contribution in [2.45, 2.75) is 31.8 Å². The molecule has 0 heterocycles. The Bertz CT molecular complexity index is 888. The van der Waals surface area contributed by atoms with Crippen LogP contribution in [0.1, 0.15) is 47.2 Å². The molecule has 0 radical (unpaired) electrons. The lowest BCUT2D eigenvalue weighted by molar-refractivity contribution is 0.0954. The molecule has 0 bridgehead atoms. The molecular weight excluding hydrogens is 386 g/mol. The fraction of sp³-hybridized carbons (Fsp3) is 0.296.